The molecule has 0 rings (SSSR count). The van der Waals surface area contributed by atoms with Crippen LogP contribution in [0.25, 0.3) is 0 Å². The summed E-state index contributed by atoms with van der Waals surface area (Å²) in [5.41, 5.74) is 0. The van der Waals surface area contributed by atoms with Crippen LogP contribution in [0, 0.1) is 0 Å². The van der Waals surface area contributed by atoms with Crippen molar-refractivity contribution in [2.45, 2.75) is 13.8 Å². The molecule has 0 N–H and O–H groups in total. The third kappa shape index (κ3) is 6.22. The Kier molecular flexibility index (Phi) is 6.82. The quantitative estimate of drug-likeness (QED) is 0.639. The molecule has 0 aliphatic carbocycles. The first kappa shape index (κ1) is 15.0. The molecule has 0 aromatic heterocycles. The number of rotatable bonds is 4. The summed E-state index contributed by atoms with van der Waals surface area (Å²) in [4.78, 5) is -2.72. The summed E-state index contributed by atoms with van der Waals surface area (Å²) < 4.78 is 5.72. The van der Waals surface area contributed by atoms with Crippen molar-refractivity contribution >= 4 is 67.6 Å². The molecule has 0 heterocycles. The maximum atomic E-state index is 6.02. The summed E-state index contributed by atoms with van der Waals surface area (Å²) in [6, 6.07) is 0. The first-order chi connectivity index (χ1) is 5.73. The highest BCUT2D eigenvalue weighted by molar-refractivity contribution is 8.40. The van der Waals surface area contributed by atoms with Crippen molar-refractivity contribution in [3.8, 4) is 0 Å². The van der Waals surface area contributed by atoms with Crippen molar-refractivity contribution in [3.63, 3.8) is 0 Å². The summed E-state index contributed by atoms with van der Waals surface area (Å²) in [6.07, 6.45) is 0. The smallest absolute Gasteiger partial charge is 0.227 e. The van der Waals surface area contributed by atoms with E-state index in [0.717, 1.165) is 0 Å². The van der Waals surface area contributed by atoms with Crippen molar-refractivity contribution in [2.75, 3.05) is 13.1 Å². The van der Waals surface area contributed by atoms with Gasteiger partial charge in [0.1, 0.15) is 0 Å². The molecule has 0 radical (unpaired) electrons. The maximum absolute atomic E-state index is 6.02. The summed E-state index contributed by atoms with van der Waals surface area (Å²) in [5, 5.41) is 0. The van der Waals surface area contributed by atoms with E-state index in [1.165, 1.54) is 0 Å². The van der Waals surface area contributed by atoms with E-state index < -0.39 is 10.8 Å². The van der Waals surface area contributed by atoms with Gasteiger partial charge >= 0.3 is 0 Å². The predicted molar refractivity (Wildman–Crippen MR) is 70.0 cm³/mol. The Morgan fingerprint density at radius 2 is 1.54 bits per heavy atom. The van der Waals surface area contributed by atoms with Crippen LogP contribution in [0.2, 0.25) is 0 Å². The van der Waals surface area contributed by atoms with Gasteiger partial charge in [-0.1, -0.05) is 13.8 Å². The van der Waals surface area contributed by atoms with Crippen LogP contribution in [-0.2, 0) is 11.8 Å². The Morgan fingerprint density at radius 3 is 1.77 bits per heavy atom. The third-order valence-corrected chi connectivity index (χ3v) is 8.60. The largest absolute Gasteiger partial charge is 0.246 e. The minimum atomic E-state index is -2.72. The lowest BCUT2D eigenvalue weighted by Gasteiger charge is -2.24. The van der Waals surface area contributed by atoms with Gasteiger partial charge in [0, 0.05) is 13.1 Å². The number of halogens is 4. The fourth-order valence-corrected chi connectivity index (χ4v) is 10.7. The molecular weight excluding hydrogens is 312 g/mol. The van der Waals surface area contributed by atoms with Gasteiger partial charge in [-0.25, -0.2) is 4.67 Å². The van der Waals surface area contributed by atoms with Crippen molar-refractivity contribution in [1.29, 1.82) is 0 Å². The molecule has 9 heteroatoms. The Hall–Kier alpha value is 2.00. The van der Waals surface area contributed by atoms with Crippen molar-refractivity contribution in [3.05, 3.63) is 0 Å². The Bertz CT molecular complexity index is 255. The fourth-order valence-electron chi connectivity index (χ4n) is 0.746. The van der Waals surface area contributed by atoms with Gasteiger partial charge in [0.25, 0.3) is 0 Å². The minimum Gasteiger partial charge on any atom is -0.246 e. The van der Waals surface area contributed by atoms with Crippen LogP contribution in [-0.4, -0.2) is 17.8 Å². The molecule has 2 nitrogen and oxygen atoms in total. The zero-order chi connectivity index (χ0) is 10.7. The standard InChI is InChI=1S/C4H10Cl4N2P2S/c1-3-10(4-2)11(5,6)9-12(7,8)13/h3-4H2,1-2H3. The lowest BCUT2D eigenvalue weighted by Crippen LogP contribution is -2.14. The second-order valence-corrected chi connectivity index (χ2v) is 14.8. The highest BCUT2D eigenvalue weighted by Crippen LogP contribution is 2.73. The molecule has 0 unspecified atom stereocenters. The molecule has 0 bridgehead atoms. The molecule has 0 aliphatic rings. The van der Waals surface area contributed by atoms with E-state index in [-0.39, 0.29) is 0 Å². The number of hydrogen-bond acceptors (Lipinski definition) is 1. The molecule has 0 aromatic carbocycles. The van der Waals surface area contributed by atoms with Gasteiger partial charge in [-0.05, 0) is 56.8 Å². The molecule has 80 valence electrons. The monoisotopic (exact) mass is 320 g/mol. The summed E-state index contributed by atoms with van der Waals surface area (Å²) >= 11 is 28.1. The van der Waals surface area contributed by atoms with Crippen molar-refractivity contribution < 1.29 is 0 Å². The van der Waals surface area contributed by atoms with Gasteiger partial charge in [0.05, 0.1) is 0 Å². The van der Waals surface area contributed by atoms with Gasteiger partial charge in [-0.2, -0.15) is 4.52 Å². The SMILES string of the molecule is CCN(CC)P(Cl)(Cl)=NP(=S)(Cl)Cl. The summed E-state index contributed by atoms with van der Waals surface area (Å²) in [7, 11) is 0. The topological polar surface area (TPSA) is 15.6 Å². The fraction of sp³-hybridized carbons (Fsp3) is 1.00. The van der Waals surface area contributed by atoms with Gasteiger partial charge in [0.15, 0.2) is 0 Å². The van der Waals surface area contributed by atoms with E-state index in [1.807, 2.05) is 18.5 Å². The first-order valence-electron chi connectivity index (χ1n) is 3.51. The van der Waals surface area contributed by atoms with Crippen LogP contribution in [0.3, 0.4) is 0 Å². The lowest BCUT2D eigenvalue weighted by atomic mass is 10.7. The molecular formula is C4H10Cl4N2P2S. The van der Waals surface area contributed by atoms with Crippen molar-refractivity contribution in [1.82, 2.24) is 4.67 Å². The molecule has 0 atom stereocenters. The van der Waals surface area contributed by atoms with Crippen LogP contribution in [0.5, 0.6) is 0 Å². The molecule has 0 fully saturated rings. The summed E-state index contributed by atoms with van der Waals surface area (Å²) in [6.45, 7) is 5.27. The maximum Gasteiger partial charge on any atom is 0.227 e. The molecule has 0 aromatic rings. The normalized spacial score (nSPS) is 13.5. The first-order valence-corrected chi connectivity index (χ1v) is 11.6. The van der Waals surface area contributed by atoms with Crippen LogP contribution in [0.1, 0.15) is 13.8 Å². The van der Waals surface area contributed by atoms with Crippen LogP contribution in [0.15, 0.2) is 4.52 Å². The molecule has 0 amide bonds. The average molecular weight is 322 g/mol. The van der Waals surface area contributed by atoms with Gasteiger partial charge in [-0.15, -0.1) is 0 Å². The molecule has 0 saturated carbocycles. The predicted octanol–water partition coefficient (Wildman–Crippen LogP) is 5.45. The van der Waals surface area contributed by atoms with Crippen LogP contribution in [0.4, 0.5) is 0 Å². The van der Waals surface area contributed by atoms with E-state index in [4.69, 9.17) is 56.8 Å². The van der Waals surface area contributed by atoms with Gasteiger partial charge < -0.3 is 0 Å². The van der Waals surface area contributed by atoms with Gasteiger partial charge in [0.2, 0.25) is 10.8 Å². The lowest BCUT2D eigenvalue weighted by molar-refractivity contribution is 0.514. The highest BCUT2D eigenvalue weighted by atomic mass is 35.9. The highest BCUT2D eigenvalue weighted by Gasteiger charge is 2.23. The molecule has 13 heavy (non-hydrogen) atoms. The minimum absolute atomic E-state index is 0.698. The van der Waals surface area contributed by atoms with E-state index >= 15 is 0 Å². The Labute approximate surface area is 103 Å². The molecule has 0 aliphatic heterocycles. The average Bonchev–Trinajstić information content (AvgIpc) is 1.83. The number of nitrogens with zero attached hydrogens (tertiary/aromatic N) is 2. The Morgan fingerprint density at radius 1 is 1.15 bits per heavy atom. The second-order valence-electron chi connectivity index (χ2n) is 2.12. The Balaban J connectivity index is 4.93. The van der Waals surface area contributed by atoms with Crippen LogP contribution >= 0.6 is 55.8 Å². The third-order valence-electron chi connectivity index (χ3n) is 1.28. The van der Waals surface area contributed by atoms with Crippen LogP contribution < -0.4 is 0 Å². The zero-order valence-electron chi connectivity index (χ0n) is 7.12. The van der Waals surface area contributed by atoms with E-state index in [9.17, 15) is 0 Å². The number of hydrogen-bond donors (Lipinski definition) is 0. The zero-order valence-corrected chi connectivity index (χ0v) is 12.8. The van der Waals surface area contributed by atoms with Gasteiger partial charge in [-0.3, -0.25) is 0 Å². The van der Waals surface area contributed by atoms with E-state index in [1.54, 1.807) is 0 Å². The molecule has 0 spiro atoms. The van der Waals surface area contributed by atoms with E-state index in [0.29, 0.717) is 13.1 Å². The van der Waals surface area contributed by atoms with E-state index in [2.05, 4.69) is 4.52 Å². The molecule has 0 saturated heterocycles. The second kappa shape index (κ2) is 5.92. The summed E-state index contributed by atoms with van der Waals surface area (Å²) in [5.74, 6) is -2.59. The van der Waals surface area contributed by atoms with Crippen molar-refractivity contribution in [2.24, 2.45) is 4.52 Å².